The van der Waals surface area contributed by atoms with Crippen molar-refractivity contribution in [2.24, 2.45) is 0 Å². The van der Waals surface area contributed by atoms with Crippen molar-refractivity contribution in [3.8, 4) is 5.75 Å². The van der Waals surface area contributed by atoms with Crippen LogP contribution in [-0.2, 0) is 16.1 Å². The van der Waals surface area contributed by atoms with Crippen LogP contribution in [0.1, 0.15) is 11.1 Å². The minimum absolute atomic E-state index is 0.186. The molecule has 1 saturated heterocycles. The lowest BCUT2D eigenvalue weighted by Gasteiger charge is -2.12. The Morgan fingerprint density at radius 3 is 2.42 bits per heavy atom. The van der Waals surface area contributed by atoms with Gasteiger partial charge in [0.05, 0.1) is 11.4 Å². The van der Waals surface area contributed by atoms with Crippen molar-refractivity contribution in [2.75, 3.05) is 11.9 Å². The summed E-state index contributed by atoms with van der Waals surface area (Å²) in [7, 11) is 0. The predicted molar refractivity (Wildman–Crippen MR) is 138 cm³/mol. The SMILES string of the molecule is O=C(COc1ccccc1/C=C1\SC(=O)N(Cc2ccc(I)cc2)C1=O)Nc1ccccc1. The fraction of sp³-hybridized carbons (Fsp3) is 0.0800. The average molecular weight is 570 g/mol. The molecule has 3 aromatic rings. The highest BCUT2D eigenvalue weighted by Crippen LogP contribution is 2.35. The van der Waals surface area contributed by atoms with Gasteiger partial charge in [0.1, 0.15) is 5.75 Å². The minimum Gasteiger partial charge on any atom is -0.483 e. The fourth-order valence-corrected chi connectivity index (χ4v) is 4.33. The maximum Gasteiger partial charge on any atom is 0.293 e. The Morgan fingerprint density at radius 1 is 0.970 bits per heavy atom. The van der Waals surface area contributed by atoms with Crippen LogP contribution >= 0.6 is 34.4 Å². The molecule has 1 fully saturated rings. The summed E-state index contributed by atoms with van der Waals surface area (Å²) in [4.78, 5) is 39.1. The van der Waals surface area contributed by atoms with Gasteiger partial charge in [0.15, 0.2) is 6.61 Å². The van der Waals surface area contributed by atoms with Gasteiger partial charge in [-0.05, 0) is 76.3 Å². The number of imide groups is 1. The number of para-hydroxylation sites is 2. The van der Waals surface area contributed by atoms with Crippen LogP contribution in [0, 0.1) is 3.57 Å². The van der Waals surface area contributed by atoms with E-state index in [-0.39, 0.29) is 30.2 Å². The average Bonchev–Trinajstić information content (AvgIpc) is 3.08. The van der Waals surface area contributed by atoms with Crippen LogP contribution in [0.5, 0.6) is 5.75 Å². The molecule has 0 saturated carbocycles. The zero-order valence-electron chi connectivity index (χ0n) is 17.4. The molecule has 0 aromatic heterocycles. The van der Waals surface area contributed by atoms with Gasteiger partial charge in [0.25, 0.3) is 17.1 Å². The quantitative estimate of drug-likeness (QED) is 0.298. The van der Waals surface area contributed by atoms with E-state index < -0.39 is 0 Å². The van der Waals surface area contributed by atoms with Gasteiger partial charge in [-0.1, -0.05) is 48.5 Å². The van der Waals surface area contributed by atoms with Gasteiger partial charge in [-0.2, -0.15) is 0 Å². The largest absolute Gasteiger partial charge is 0.483 e. The van der Waals surface area contributed by atoms with E-state index in [1.807, 2.05) is 42.5 Å². The van der Waals surface area contributed by atoms with E-state index in [0.717, 1.165) is 20.9 Å². The number of thioether (sulfide) groups is 1. The van der Waals surface area contributed by atoms with Crippen molar-refractivity contribution >= 4 is 63.2 Å². The molecule has 3 aromatic carbocycles. The second-order valence-corrected chi connectivity index (χ2v) is 9.37. The zero-order chi connectivity index (χ0) is 23.2. The Bertz CT molecular complexity index is 1210. The molecule has 166 valence electrons. The number of ether oxygens (including phenoxy) is 1. The van der Waals surface area contributed by atoms with Crippen LogP contribution in [0.2, 0.25) is 0 Å². The van der Waals surface area contributed by atoms with Gasteiger partial charge in [0.2, 0.25) is 0 Å². The van der Waals surface area contributed by atoms with Gasteiger partial charge >= 0.3 is 0 Å². The maximum atomic E-state index is 12.9. The summed E-state index contributed by atoms with van der Waals surface area (Å²) in [6.45, 7) is 0.0325. The van der Waals surface area contributed by atoms with E-state index in [9.17, 15) is 14.4 Å². The number of carbonyl (C=O) groups is 3. The third-order valence-electron chi connectivity index (χ3n) is 4.75. The normalized spacial score (nSPS) is 14.6. The van der Waals surface area contributed by atoms with Crippen molar-refractivity contribution in [2.45, 2.75) is 6.54 Å². The molecule has 4 rings (SSSR count). The van der Waals surface area contributed by atoms with E-state index >= 15 is 0 Å². The highest BCUT2D eigenvalue weighted by Gasteiger charge is 2.35. The van der Waals surface area contributed by atoms with Crippen molar-refractivity contribution in [1.82, 2.24) is 4.90 Å². The first-order valence-corrected chi connectivity index (χ1v) is 12.0. The van der Waals surface area contributed by atoms with Crippen LogP contribution < -0.4 is 10.1 Å². The van der Waals surface area contributed by atoms with E-state index in [2.05, 4.69) is 27.9 Å². The predicted octanol–water partition coefficient (Wildman–Crippen LogP) is 5.55. The van der Waals surface area contributed by atoms with E-state index in [0.29, 0.717) is 21.9 Å². The highest BCUT2D eigenvalue weighted by molar-refractivity contribution is 14.1. The van der Waals surface area contributed by atoms with Gasteiger partial charge in [-0.15, -0.1) is 0 Å². The lowest BCUT2D eigenvalue weighted by Crippen LogP contribution is -2.27. The molecule has 3 amide bonds. The van der Waals surface area contributed by atoms with E-state index in [1.165, 1.54) is 4.90 Å². The van der Waals surface area contributed by atoms with Crippen LogP contribution in [0.3, 0.4) is 0 Å². The summed E-state index contributed by atoms with van der Waals surface area (Å²) < 4.78 is 6.78. The topological polar surface area (TPSA) is 75.7 Å². The number of halogens is 1. The first-order chi connectivity index (χ1) is 16.0. The summed E-state index contributed by atoms with van der Waals surface area (Å²) in [5.41, 5.74) is 2.18. The Labute approximate surface area is 209 Å². The maximum absolute atomic E-state index is 12.9. The van der Waals surface area contributed by atoms with Crippen LogP contribution in [0.15, 0.2) is 83.8 Å². The number of amides is 3. The number of rotatable bonds is 7. The number of nitrogens with zero attached hydrogens (tertiary/aromatic N) is 1. The Hall–Kier alpha value is -3.11. The molecule has 1 heterocycles. The minimum atomic E-state index is -0.347. The Balaban J connectivity index is 1.44. The molecule has 8 heteroatoms. The van der Waals surface area contributed by atoms with Gasteiger partial charge in [0, 0.05) is 14.8 Å². The lowest BCUT2D eigenvalue weighted by molar-refractivity contribution is -0.123. The third-order valence-corrected chi connectivity index (χ3v) is 6.38. The lowest BCUT2D eigenvalue weighted by atomic mass is 10.1. The molecule has 33 heavy (non-hydrogen) atoms. The van der Waals surface area contributed by atoms with Crippen LogP contribution in [0.4, 0.5) is 10.5 Å². The van der Waals surface area contributed by atoms with Gasteiger partial charge in [-0.3, -0.25) is 19.3 Å². The summed E-state index contributed by atoms with van der Waals surface area (Å²) in [5, 5.41) is 2.45. The molecular formula is C25H19IN2O4S. The van der Waals surface area contributed by atoms with Crippen molar-refractivity contribution in [3.05, 3.63) is 98.5 Å². The molecule has 0 aliphatic carbocycles. The van der Waals surface area contributed by atoms with Gasteiger partial charge in [-0.25, -0.2) is 0 Å². The highest BCUT2D eigenvalue weighted by atomic mass is 127. The molecule has 1 aliphatic rings. The van der Waals surface area contributed by atoms with Crippen LogP contribution in [-0.4, -0.2) is 28.6 Å². The van der Waals surface area contributed by atoms with E-state index in [1.54, 1.807) is 42.5 Å². The number of hydrogen-bond donors (Lipinski definition) is 1. The Kier molecular flexibility index (Phi) is 7.46. The zero-order valence-corrected chi connectivity index (χ0v) is 20.3. The number of benzene rings is 3. The first-order valence-electron chi connectivity index (χ1n) is 10.1. The number of hydrogen-bond acceptors (Lipinski definition) is 5. The van der Waals surface area contributed by atoms with Crippen molar-refractivity contribution < 1.29 is 19.1 Å². The molecule has 0 spiro atoms. The number of carbonyl (C=O) groups excluding carboxylic acids is 3. The van der Waals surface area contributed by atoms with E-state index in [4.69, 9.17) is 4.74 Å². The smallest absolute Gasteiger partial charge is 0.293 e. The molecular weight excluding hydrogens is 551 g/mol. The monoisotopic (exact) mass is 570 g/mol. The third kappa shape index (κ3) is 6.02. The van der Waals surface area contributed by atoms with Crippen molar-refractivity contribution in [3.63, 3.8) is 0 Å². The second-order valence-electron chi connectivity index (χ2n) is 7.14. The van der Waals surface area contributed by atoms with Crippen molar-refractivity contribution in [1.29, 1.82) is 0 Å². The first kappa shape index (κ1) is 23.1. The summed E-state index contributed by atoms with van der Waals surface area (Å²) >= 11 is 3.10. The Morgan fingerprint density at radius 2 is 1.67 bits per heavy atom. The molecule has 0 bridgehead atoms. The molecule has 1 aliphatic heterocycles. The molecule has 6 nitrogen and oxygen atoms in total. The summed E-state index contributed by atoms with van der Waals surface area (Å²) in [6, 6.07) is 23.9. The standard InChI is InChI=1S/C25H19IN2O4S/c26-19-12-10-17(11-13-19)15-28-24(30)22(33-25(28)31)14-18-6-4-5-9-21(18)32-16-23(29)27-20-7-2-1-3-8-20/h1-14H,15-16H2,(H,27,29)/b22-14-. The molecule has 0 unspecified atom stereocenters. The molecule has 0 radical (unpaired) electrons. The molecule has 0 atom stereocenters. The molecule has 1 N–H and O–H groups in total. The second kappa shape index (κ2) is 10.7. The summed E-state index contributed by atoms with van der Waals surface area (Å²) in [6.07, 6.45) is 1.63. The van der Waals surface area contributed by atoms with Crippen LogP contribution in [0.25, 0.3) is 6.08 Å². The van der Waals surface area contributed by atoms with Gasteiger partial charge < -0.3 is 10.1 Å². The number of anilines is 1. The summed E-state index contributed by atoms with van der Waals surface area (Å²) in [5.74, 6) is -0.195. The number of nitrogens with one attached hydrogen (secondary N) is 1. The fourth-order valence-electron chi connectivity index (χ4n) is 3.14.